The summed E-state index contributed by atoms with van der Waals surface area (Å²) in [6, 6.07) is 13.5. The van der Waals surface area contributed by atoms with Crippen LogP contribution in [-0.2, 0) is 5.41 Å². The van der Waals surface area contributed by atoms with Gasteiger partial charge in [0.2, 0.25) is 4.77 Å². The number of hydrogen-bond acceptors (Lipinski definition) is 3. The van der Waals surface area contributed by atoms with Crippen molar-refractivity contribution in [2.45, 2.75) is 26.2 Å². The highest BCUT2D eigenvalue weighted by atomic mass is 35.5. The molecule has 1 aromatic heterocycles. The number of aromatic nitrogens is 3. The van der Waals surface area contributed by atoms with Crippen LogP contribution >= 0.6 is 35.4 Å². The maximum absolute atomic E-state index is 6.04. The first-order valence-electron chi connectivity index (χ1n) is 8.03. The minimum atomic E-state index is 0.0925. The van der Waals surface area contributed by atoms with Crippen molar-refractivity contribution >= 4 is 41.6 Å². The molecule has 0 aliphatic rings. The lowest BCUT2D eigenvalue weighted by atomic mass is 9.87. The Bertz CT molecular complexity index is 1010. The monoisotopic (exact) mass is 404 g/mol. The van der Waals surface area contributed by atoms with Gasteiger partial charge in [-0.25, -0.2) is 5.10 Å². The molecular weight excluding hydrogens is 387 g/mol. The predicted molar refractivity (Wildman–Crippen MR) is 111 cm³/mol. The van der Waals surface area contributed by atoms with E-state index in [1.807, 2.05) is 18.2 Å². The lowest BCUT2D eigenvalue weighted by Gasteiger charge is -2.18. The predicted octanol–water partition coefficient (Wildman–Crippen LogP) is 6.09. The molecule has 0 radical (unpaired) electrons. The highest BCUT2D eigenvalue weighted by Gasteiger charge is 2.14. The molecule has 1 N–H and O–H groups in total. The molecule has 0 saturated heterocycles. The second-order valence-corrected chi connectivity index (χ2v) is 8.11. The number of nitrogens with zero attached hydrogens (tertiary/aromatic N) is 3. The molecule has 7 heteroatoms. The number of H-pyrrole nitrogens is 1. The number of halogens is 2. The second kappa shape index (κ2) is 7.35. The molecule has 0 amide bonds. The van der Waals surface area contributed by atoms with Gasteiger partial charge in [-0.2, -0.15) is 14.9 Å². The first-order valence-corrected chi connectivity index (χ1v) is 9.20. The van der Waals surface area contributed by atoms with Crippen LogP contribution in [0.2, 0.25) is 10.0 Å². The third kappa shape index (κ3) is 4.06. The van der Waals surface area contributed by atoms with Gasteiger partial charge in [-0.1, -0.05) is 74.3 Å². The van der Waals surface area contributed by atoms with Gasteiger partial charge in [-0.05, 0) is 40.9 Å². The largest absolute Gasteiger partial charge is 0.250 e. The number of benzene rings is 2. The van der Waals surface area contributed by atoms with E-state index in [0.29, 0.717) is 20.6 Å². The molecule has 0 unspecified atom stereocenters. The van der Waals surface area contributed by atoms with Gasteiger partial charge < -0.3 is 0 Å². The van der Waals surface area contributed by atoms with Crippen LogP contribution in [0.4, 0.5) is 0 Å². The molecule has 0 saturated carbocycles. The summed E-state index contributed by atoms with van der Waals surface area (Å²) in [6.07, 6.45) is 1.67. The van der Waals surface area contributed by atoms with Crippen molar-refractivity contribution in [3.05, 3.63) is 68.4 Å². The third-order valence-electron chi connectivity index (χ3n) is 3.93. The van der Waals surface area contributed by atoms with Crippen LogP contribution in [0.15, 0.2) is 47.6 Å². The van der Waals surface area contributed by atoms with E-state index in [1.54, 1.807) is 23.0 Å². The van der Waals surface area contributed by atoms with Crippen LogP contribution in [0.1, 0.15) is 31.9 Å². The fourth-order valence-electron chi connectivity index (χ4n) is 2.42. The highest BCUT2D eigenvalue weighted by Crippen LogP contribution is 2.26. The molecular formula is C19H18Cl2N4S. The highest BCUT2D eigenvalue weighted by molar-refractivity contribution is 7.71. The van der Waals surface area contributed by atoms with E-state index < -0.39 is 0 Å². The summed E-state index contributed by atoms with van der Waals surface area (Å²) in [6.45, 7) is 6.54. The van der Waals surface area contributed by atoms with Gasteiger partial charge in [0, 0.05) is 5.56 Å². The zero-order valence-electron chi connectivity index (χ0n) is 14.6. The molecule has 3 aromatic rings. The molecule has 4 nitrogen and oxygen atoms in total. The van der Waals surface area contributed by atoms with E-state index >= 15 is 0 Å². The summed E-state index contributed by atoms with van der Waals surface area (Å²) in [7, 11) is 0. The fourth-order valence-corrected chi connectivity index (χ4v) is 2.91. The topological polar surface area (TPSA) is 46.0 Å². The fraction of sp³-hybridized carbons (Fsp3) is 0.211. The van der Waals surface area contributed by atoms with E-state index in [-0.39, 0.29) is 5.41 Å². The number of hydrogen-bond donors (Lipinski definition) is 1. The maximum atomic E-state index is 6.04. The molecule has 0 atom stereocenters. The van der Waals surface area contributed by atoms with Crippen molar-refractivity contribution in [3.8, 4) is 11.4 Å². The van der Waals surface area contributed by atoms with E-state index in [4.69, 9.17) is 35.4 Å². The Labute approximate surface area is 167 Å². The quantitative estimate of drug-likeness (QED) is 0.423. The summed E-state index contributed by atoms with van der Waals surface area (Å²) in [5, 5.41) is 12.5. The molecule has 26 heavy (non-hydrogen) atoms. The molecule has 0 bridgehead atoms. The Morgan fingerprint density at radius 3 is 2.38 bits per heavy atom. The third-order valence-corrected chi connectivity index (χ3v) is 4.93. The summed E-state index contributed by atoms with van der Waals surface area (Å²) < 4.78 is 2.00. The molecule has 0 aliphatic carbocycles. The summed E-state index contributed by atoms with van der Waals surface area (Å²) in [5.41, 5.74) is 3.09. The van der Waals surface area contributed by atoms with Crippen molar-refractivity contribution < 1.29 is 0 Å². The minimum Gasteiger partial charge on any atom is -0.250 e. The lowest BCUT2D eigenvalue weighted by Crippen LogP contribution is -2.10. The summed E-state index contributed by atoms with van der Waals surface area (Å²) in [4.78, 5) is 0. The van der Waals surface area contributed by atoms with Gasteiger partial charge in [0.05, 0.1) is 16.3 Å². The van der Waals surface area contributed by atoms with Crippen molar-refractivity contribution in [1.82, 2.24) is 14.9 Å². The van der Waals surface area contributed by atoms with Crippen LogP contribution in [0.25, 0.3) is 11.4 Å². The van der Waals surface area contributed by atoms with Crippen LogP contribution in [0.5, 0.6) is 0 Å². The molecule has 134 valence electrons. The van der Waals surface area contributed by atoms with Crippen LogP contribution in [-0.4, -0.2) is 21.1 Å². The molecule has 1 heterocycles. The molecule has 3 rings (SSSR count). The summed E-state index contributed by atoms with van der Waals surface area (Å²) >= 11 is 17.3. The van der Waals surface area contributed by atoms with Gasteiger partial charge in [0.15, 0.2) is 5.82 Å². The van der Waals surface area contributed by atoms with E-state index in [1.165, 1.54) is 5.56 Å². The van der Waals surface area contributed by atoms with Gasteiger partial charge >= 0.3 is 0 Å². The van der Waals surface area contributed by atoms with Crippen molar-refractivity contribution in [3.63, 3.8) is 0 Å². The van der Waals surface area contributed by atoms with Crippen molar-refractivity contribution in [2.75, 3.05) is 0 Å². The zero-order chi connectivity index (χ0) is 18.9. The first kappa shape index (κ1) is 18.8. The van der Waals surface area contributed by atoms with E-state index in [2.05, 4.69) is 48.2 Å². The van der Waals surface area contributed by atoms with Gasteiger partial charge in [-0.3, -0.25) is 0 Å². The van der Waals surface area contributed by atoms with Crippen LogP contribution in [0.3, 0.4) is 0 Å². The molecule has 0 aliphatic heterocycles. The Morgan fingerprint density at radius 1 is 1.08 bits per heavy atom. The Hall–Kier alpha value is -1.95. The van der Waals surface area contributed by atoms with E-state index in [9.17, 15) is 0 Å². The standard InChI is InChI=1S/C19H18Cl2N4S/c1-19(2,3)14-7-5-13(6-8-14)17-23-24-18(26)25(17)22-11-12-4-9-15(20)16(21)10-12/h4-11H,1-3H3,(H,24,26). The van der Waals surface area contributed by atoms with Crippen LogP contribution < -0.4 is 0 Å². The van der Waals surface area contributed by atoms with Gasteiger partial charge in [0.1, 0.15) is 0 Å². The number of aromatic amines is 1. The minimum absolute atomic E-state index is 0.0925. The zero-order valence-corrected chi connectivity index (χ0v) is 17.0. The molecule has 0 spiro atoms. The average Bonchev–Trinajstić information content (AvgIpc) is 2.96. The second-order valence-electron chi connectivity index (χ2n) is 6.91. The number of nitrogens with one attached hydrogen (secondary N) is 1. The lowest BCUT2D eigenvalue weighted by molar-refractivity contribution is 0.590. The van der Waals surface area contributed by atoms with Crippen molar-refractivity contribution in [2.24, 2.45) is 5.10 Å². The van der Waals surface area contributed by atoms with Gasteiger partial charge in [0.25, 0.3) is 0 Å². The Morgan fingerprint density at radius 2 is 1.77 bits per heavy atom. The van der Waals surface area contributed by atoms with Crippen molar-refractivity contribution in [1.29, 1.82) is 0 Å². The number of rotatable bonds is 3. The average molecular weight is 405 g/mol. The molecule has 2 aromatic carbocycles. The Kier molecular flexibility index (Phi) is 5.32. The smallest absolute Gasteiger partial charge is 0.216 e. The van der Waals surface area contributed by atoms with Crippen LogP contribution in [0, 0.1) is 4.77 Å². The first-order chi connectivity index (χ1) is 12.3. The summed E-state index contributed by atoms with van der Waals surface area (Å²) in [5.74, 6) is 0.645. The van der Waals surface area contributed by atoms with Gasteiger partial charge in [-0.15, -0.1) is 0 Å². The Balaban J connectivity index is 1.95. The normalized spacial score (nSPS) is 12.0. The molecule has 0 fully saturated rings. The van der Waals surface area contributed by atoms with E-state index in [0.717, 1.165) is 11.1 Å². The SMILES string of the molecule is CC(C)(C)c1ccc(-c2n[nH]c(=S)n2N=Cc2ccc(Cl)c(Cl)c2)cc1. The maximum Gasteiger partial charge on any atom is 0.216 e.